The third-order valence-corrected chi connectivity index (χ3v) is 7.25. The molecule has 2 heterocycles. The van der Waals surface area contributed by atoms with E-state index in [0.717, 1.165) is 59.5 Å². The lowest BCUT2D eigenvalue weighted by atomic mass is 9.96. The maximum Gasteiger partial charge on any atom is 0.227 e. The van der Waals surface area contributed by atoms with Gasteiger partial charge in [0, 0.05) is 21.1 Å². The fourth-order valence-corrected chi connectivity index (χ4v) is 5.31. The van der Waals surface area contributed by atoms with Crippen molar-refractivity contribution in [2.24, 2.45) is 5.92 Å². The van der Waals surface area contributed by atoms with E-state index in [1.807, 2.05) is 30.3 Å². The summed E-state index contributed by atoms with van der Waals surface area (Å²) >= 11 is 15.8. The van der Waals surface area contributed by atoms with Crippen LogP contribution in [0.25, 0.3) is 16.7 Å². The molecular weight excluding hydrogens is 535 g/mol. The van der Waals surface area contributed by atoms with Crippen molar-refractivity contribution in [1.82, 2.24) is 14.5 Å². The number of para-hydroxylation sites is 2. The molecule has 8 heteroatoms. The van der Waals surface area contributed by atoms with E-state index in [4.69, 9.17) is 28.2 Å². The summed E-state index contributed by atoms with van der Waals surface area (Å²) in [5.41, 5.74) is 3.74. The molecule has 4 aromatic rings. The second kappa shape index (κ2) is 10.1. The summed E-state index contributed by atoms with van der Waals surface area (Å²) < 4.78 is 3.25. The fraction of sp³-hybridized carbons (Fsp3) is 0.231. The van der Waals surface area contributed by atoms with Crippen LogP contribution in [0, 0.1) is 5.92 Å². The number of piperidine rings is 1. The van der Waals surface area contributed by atoms with Gasteiger partial charge < -0.3 is 5.32 Å². The Morgan fingerprint density at radius 1 is 1.03 bits per heavy atom. The van der Waals surface area contributed by atoms with Gasteiger partial charge in [-0.15, -0.1) is 0 Å². The first kappa shape index (κ1) is 23.4. The number of likely N-dealkylation sites (tertiary alicyclic amines) is 1. The molecule has 0 radical (unpaired) electrons. The van der Waals surface area contributed by atoms with Gasteiger partial charge >= 0.3 is 0 Å². The highest BCUT2D eigenvalue weighted by atomic mass is 79.9. The van der Waals surface area contributed by atoms with E-state index in [-0.39, 0.29) is 11.8 Å². The van der Waals surface area contributed by atoms with E-state index < -0.39 is 0 Å². The Hall–Kier alpha value is -2.38. The smallest absolute Gasteiger partial charge is 0.227 e. The number of carbonyl (C=O) groups is 1. The van der Waals surface area contributed by atoms with Crippen LogP contribution in [0.3, 0.4) is 0 Å². The van der Waals surface area contributed by atoms with Crippen molar-refractivity contribution in [2.45, 2.75) is 19.4 Å². The lowest BCUT2D eigenvalue weighted by Crippen LogP contribution is -2.38. The summed E-state index contributed by atoms with van der Waals surface area (Å²) in [7, 11) is 0. The first-order chi connectivity index (χ1) is 16.5. The Kier molecular flexibility index (Phi) is 6.93. The second-order valence-electron chi connectivity index (χ2n) is 8.50. The first-order valence-corrected chi connectivity index (χ1v) is 12.7. The molecule has 0 bridgehead atoms. The van der Waals surface area contributed by atoms with Gasteiger partial charge in [0.05, 0.1) is 28.3 Å². The Balaban J connectivity index is 1.29. The molecule has 5 rings (SSSR count). The standard InChI is InChI=1S/C26H23BrCl2N4O/c27-18-4-3-5-20(14-18)33-24-7-2-1-6-23(24)30-25(33)16-32-12-10-17(11-13-32)26(34)31-22-9-8-19(28)15-21(22)29/h1-9,14-15,17H,10-13,16H2,(H,31,34). The van der Waals surface area contributed by atoms with Gasteiger partial charge in [-0.25, -0.2) is 4.98 Å². The molecule has 1 aliphatic rings. The molecule has 1 N–H and O–H groups in total. The van der Waals surface area contributed by atoms with Gasteiger partial charge in [-0.1, -0.05) is 57.3 Å². The largest absolute Gasteiger partial charge is 0.325 e. The van der Waals surface area contributed by atoms with Crippen LogP contribution in [0.4, 0.5) is 5.69 Å². The summed E-state index contributed by atoms with van der Waals surface area (Å²) in [6.07, 6.45) is 1.57. The van der Waals surface area contributed by atoms with Crippen molar-refractivity contribution in [3.05, 3.63) is 87.1 Å². The van der Waals surface area contributed by atoms with Crippen molar-refractivity contribution < 1.29 is 4.79 Å². The number of nitrogens with one attached hydrogen (secondary N) is 1. The molecule has 0 unspecified atom stereocenters. The Labute approximate surface area is 216 Å². The monoisotopic (exact) mass is 556 g/mol. The van der Waals surface area contributed by atoms with Crippen LogP contribution in [-0.2, 0) is 11.3 Å². The molecule has 1 aliphatic heterocycles. The van der Waals surface area contributed by atoms with Crippen LogP contribution in [0.5, 0.6) is 0 Å². The molecule has 1 aromatic heterocycles. The maximum absolute atomic E-state index is 12.8. The van der Waals surface area contributed by atoms with Crippen LogP contribution in [0.15, 0.2) is 71.2 Å². The number of hydrogen-bond donors (Lipinski definition) is 1. The van der Waals surface area contributed by atoms with E-state index in [1.54, 1.807) is 18.2 Å². The molecule has 0 aliphatic carbocycles. The normalized spacial score (nSPS) is 15.0. The Morgan fingerprint density at radius 2 is 1.82 bits per heavy atom. The van der Waals surface area contributed by atoms with E-state index in [0.29, 0.717) is 15.7 Å². The number of rotatable bonds is 5. The lowest BCUT2D eigenvalue weighted by molar-refractivity contribution is -0.121. The summed E-state index contributed by atoms with van der Waals surface area (Å²) in [6, 6.07) is 21.6. The third-order valence-electron chi connectivity index (χ3n) is 6.21. The molecule has 3 aromatic carbocycles. The van der Waals surface area contributed by atoms with Crippen molar-refractivity contribution >= 4 is 61.8 Å². The van der Waals surface area contributed by atoms with Crippen molar-refractivity contribution in [3.63, 3.8) is 0 Å². The van der Waals surface area contributed by atoms with Crippen LogP contribution >= 0.6 is 39.1 Å². The predicted molar refractivity (Wildman–Crippen MR) is 142 cm³/mol. The number of aromatic nitrogens is 2. The zero-order chi connectivity index (χ0) is 23.7. The van der Waals surface area contributed by atoms with Gasteiger partial charge in [-0.05, 0) is 74.5 Å². The highest BCUT2D eigenvalue weighted by Gasteiger charge is 2.26. The minimum absolute atomic E-state index is 0.00486. The molecule has 1 amide bonds. The molecule has 0 atom stereocenters. The Morgan fingerprint density at radius 3 is 2.59 bits per heavy atom. The van der Waals surface area contributed by atoms with Crippen LogP contribution < -0.4 is 5.32 Å². The zero-order valence-electron chi connectivity index (χ0n) is 18.3. The molecule has 1 fully saturated rings. The van der Waals surface area contributed by atoms with Crippen LogP contribution in [0.1, 0.15) is 18.7 Å². The van der Waals surface area contributed by atoms with Gasteiger partial charge in [0.2, 0.25) is 5.91 Å². The number of benzene rings is 3. The first-order valence-electron chi connectivity index (χ1n) is 11.2. The number of imidazole rings is 1. The molecule has 0 saturated carbocycles. The highest BCUT2D eigenvalue weighted by Crippen LogP contribution is 2.29. The number of anilines is 1. The van der Waals surface area contributed by atoms with Crippen LogP contribution in [0.2, 0.25) is 10.0 Å². The number of halogens is 3. The third kappa shape index (κ3) is 5.01. The molecule has 1 saturated heterocycles. The number of hydrogen-bond acceptors (Lipinski definition) is 3. The van der Waals surface area contributed by atoms with E-state index >= 15 is 0 Å². The zero-order valence-corrected chi connectivity index (χ0v) is 21.4. The molecule has 174 valence electrons. The number of nitrogens with zero attached hydrogens (tertiary/aromatic N) is 3. The summed E-state index contributed by atoms with van der Waals surface area (Å²) in [5, 5.41) is 3.95. The van der Waals surface area contributed by atoms with Gasteiger partial charge in [-0.2, -0.15) is 0 Å². The van der Waals surface area contributed by atoms with Gasteiger partial charge in [0.25, 0.3) is 0 Å². The average Bonchev–Trinajstić information content (AvgIpc) is 3.19. The fourth-order valence-electron chi connectivity index (χ4n) is 4.46. The summed E-state index contributed by atoms with van der Waals surface area (Å²) in [4.78, 5) is 20.1. The average molecular weight is 558 g/mol. The topological polar surface area (TPSA) is 50.2 Å². The second-order valence-corrected chi connectivity index (χ2v) is 10.3. The molecule has 0 spiro atoms. The minimum Gasteiger partial charge on any atom is -0.325 e. The molecule has 5 nitrogen and oxygen atoms in total. The predicted octanol–water partition coefficient (Wildman–Crippen LogP) is 6.95. The van der Waals surface area contributed by atoms with Crippen molar-refractivity contribution in [2.75, 3.05) is 18.4 Å². The number of fused-ring (bicyclic) bond motifs is 1. The molecular formula is C26H23BrCl2N4O. The summed E-state index contributed by atoms with van der Waals surface area (Å²) in [6.45, 7) is 2.38. The number of carbonyl (C=O) groups excluding carboxylic acids is 1. The quantitative estimate of drug-likeness (QED) is 0.289. The van der Waals surface area contributed by atoms with Gasteiger partial charge in [0.15, 0.2) is 0 Å². The van der Waals surface area contributed by atoms with E-state index in [2.05, 4.69) is 48.9 Å². The number of amides is 1. The maximum atomic E-state index is 12.8. The van der Waals surface area contributed by atoms with E-state index in [9.17, 15) is 4.79 Å². The highest BCUT2D eigenvalue weighted by molar-refractivity contribution is 9.10. The molecule has 34 heavy (non-hydrogen) atoms. The minimum atomic E-state index is -0.0492. The van der Waals surface area contributed by atoms with Gasteiger partial charge in [-0.3, -0.25) is 14.3 Å². The summed E-state index contributed by atoms with van der Waals surface area (Å²) in [5.74, 6) is 0.951. The van der Waals surface area contributed by atoms with Crippen molar-refractivity contribution in [1.29, 1.82) is 0 Å². The Bertz CT molecular complexity index is 1350. The SMILES string of the molecule is O=C(Nc1ccc(Cl)cc1Cl)C1CCN(Cc2nc3ccccc3n2-c2cccc(Br)c2)CC1. The van der Waals surface area contributed by atoms with Crippen molar-refractivity contribution in [3.8, 4) is 5.69 Å². The van der Waals surface area contributed by atoms with Gasteiger partial charge in [0.1, 0.15) is 5.82 Å². The van der Waals surface area contributed by atoms with E-state index in [1.165, 1.54) is 0 Å². The van der Waals surface area contributed by atoms with Crippen LogP contribution in [-0.4, -0.2) is 33.4 Å². The lowest BCUT2D eigenvalue weighted by Gasteiger charge is -2.31.